The zero-order valence-corrected chi connectivity index (χ0v) is 12.7. The van der Waals surface area contributed by atoms with Crippen molar-refractivity contribution in [3.05, 3.63) is 23.3 Å². The van der Waals surface area contributed by atoms with E-state index in [1.165, 1.54) is 12.8 Å². The van der Waals surface area contributed by atoms with Crippen molar-refractivity contribution in [2.24, 2.45) is 0 Å². The number of aliphatic hydroxyl groups is 1. The van der Waals surface area contributed by atoms with Crippen LogP contribution in [0.1, 0.15) is 18.7 Å². The molecule has 1 aliphatic rings. The van der Waals surface area contributed by atoms with E-state index in [1.54, 1.807) is 11.3 Å². The zero-order valence-electron chi connectivity index (χ0n) is 11.9. The average Bonchev–Trinajstić information content (AvgIpc) is 3.21. The molecule has 0 spiro atoms. The molecular formula is C14H20N4O2S. The fourth-order valence-corrected chi connectivity index (χ4v) is 3.26. The standard InChI is InChI=1S/C14H20N4O2S/c19-7-6-18(9-11-3-1-5-15-11)10-13-16-14(20-17-13)12-4-2-8-21-12/h2,4,8,11,15,19H,1,3,5-7,9-10H2. The van der Waals surface area contributed by atoms with Crippen molar-refractivity contribution in [1.82, 2.24) is 20.4 Å². The molecule has 0 saturated carbocycles. The number of hydrogen-bond donors (Lipinski definition) is 2. The van der Waals surface area contributed by atoms with Crippen LogP contribution in [0.5, 0.6) is 0 Å². The number of aromatic nitrogens is 2. The minimum atomic E-state index is 0.141. The molecule has 2 N–H and O–H groups in total. The van der Waals surface area contributed by atoms with E-state index in [4.69, 9.17) is 4.52 Å². The lowest BCUT2D eigenvalue weighted by molar-refractivity contribution is 0.174. The molecule has 1 atom stereocenters. The molecule has 1 unspecified atom stereocenters. The van der Waals surface area contributed by atoms with Crippen LogP contribution >= 0.6 is 11.3 Å². The second-order valence-electron chi connectivity index (χ2n) is 5.25. The van der Waals surface area contributed by atoms with Gasteiger partial charge in [0, 0.05) is 19.1 Å². The van der Waals surface area contributed by atoms with E-state index in [9.17, 15) is 5.11 Å². The quantitative estimate of drug-likeness (QED) is 0.804. The highest BCUT2D eigenvalue weighted by molar-refractivity contribution is 7.13. The third-order valence-corrected chi connectivity index (χ3v) is 4.48. The molecule has 1 saturated heterocycles. The van der Waals surface area contributed by atoms with Crippen LogP contribution in [-0.2, 0) is 6.54 Å². The van der Waals surface area contributed by atoms with Crippen molar-refractivity contribution in [2.75, 3.05) is 26.2 Å². The van der Waals surface area contributed by atoms with E-state index in [0.29, 0.717) is 30.8 Å². The smallest absolute Gasteiger partial charge is 0.268 e. The molecule has 1 aliphatic heterocycles. The topological polar surface area (TPSA) is 74.4 Å². The summed E-state index contributed by atoms with van der Waals surface area (Å²) in [6, 6.07) is 4.43. The Morgan fingerprint density at radius 3 is 3.19 bits per heavy atom. The van der Waals surface area contributed by atoms with Crippen LogP contribution in [0.15, 0.2) is 22.0 Å². The van der Waals surface area contributed by atoms with Gasteiger partial charge in [0.05, 0.1) is 18.0 Å². The van der Waals surface area contributed by atoms with Crippen molar-refractivity contribution in [3.63, 3.8) is 0 Å². The Morgan fingerprint density at radius 1 is 1.52 bits per heavy atom. The first kappa shape index (κ1) is 14.6. The van der Waals surface area contributed by atoms with Gasteiger partial charge in [0.15, 0.2) is 5.82 Å². The third-order valence-electron chi connectivity index (χ3n) is 3.62. The van der Waals surface area contributed by atoms with Gasteiger partial charge < -0.3 is 14.9 Å². The summed E-state index contributed by atoms with van der Waals surface area (Å²) in [4.78, 5) is 7.60. The Hall–Kier alpha value is -1.28. The zero-order chi connectivity index (χ0) is 14.5. The highest BCUT2D eigenvalue weighted by atomic mass is 32.1. The summed E-state index contributed by atoms with van der Waals surface area (Å²) in [5.74, 6) is 1.24. The minimum Gasteiger partial charge on any atom is -0.395 e. The molecular weight excluding hydrogens is 288 g/mol. The van der Waals surface area contributed by atoms with Gasteiger partial charge in [0.2, 0.25) is 0 Å². The molecule has 0 radical (unpaired) electrons. The SMILES string of the molecule is OCCN(Cc1noc(-c2cccs2)n1)CC1CCCN1. The number of nitrogens with one attached hydrogen (secondary N) is 1. The molecule has 114 valence electrons. The molecule has 0 aromatic carbocycles. The maximum atomic E-state index is 9.22. The fraction of sp³-hybridized carbons (Fsp3) is 0.571. The first-order valence-corrected chi connectivity index (χ1v) is 8.16. The van der Waals surface area contributed by atoms with Gasteiger partial charge in [-0.25, -0.2) is 0 Å². The molecule has 0 amide bonds. The first-order valence-electron chi connectivity index (χ1n) is 7.28. The molecule has 3 heterocycles. The van der Waals surface area contributed by atoms with Crippen LogP contribution in [0.3, 0.4) is 0 Å². The molecule has 7 heteroatoms. The highest BCUT2D eigenvalue weighted by Gasteiger charge is 2.19. The maximum absolute atomic E-state index is 9.22. The number of nitrogens with zero attached hydrogens (tertiary/aromatic N) is 3. The lowest BCUT2D eigenvalue weighted by Crippen LogP contribution is -2.38. The van der Waals surface area contributed by atoms with E-state index in [1.807, 2.05) is 17.5 Å². The molecule has 2 aromatic heterocycles. The number of hydrogen-bond acceptors (Lipinski definition) is 7. The van der Waals surface area contributed by atoms with Crippen molar-refractivity contribution >= 4 is 11.3 Å². The summed E-state index contributed by atoms with van der Waals surface area (Å²) < 4.78 is 5.30. The van der Waals surface area contributed by atoms with Crippen molar-refractivity contribution in [1.29, 1.82) is 0 Å². The van der Waals surface area contributed by atoms with Crippen LogP contribution in [0, 0.1) is 0 Å². The number of thiophene rings is 1. The molecule has 21 heavy (non-hydrogen) atoms. The predicted molar refractivity (Wildman–Crippen MR) is 81.0 cm³/mol. The summed E-state index contributed by atoms with van der Waals surface area (Å²) in [5, 5.41) is 18.7. The Labute approximate surface area is 127 Å². The van der Waals surface area contributed by atoms with Crippen LogP contribution < -0.4 is 5.32 Å². The molecule has 1 fully saturated rings. The lowest BCUT2D eigenvalue weighted by atomic mass is 10.2. The fourth-order valence-electron chi connectivity index (χ4n) is 2.62. The van der Waals surface area contributed by atoms with Crippen LogP contribution in [0.25, 0.3) is 10.8 Å². The summed E-state index contributed by atoms with van der Waals surface area (Å²) in [6.07, 6.45) is 2.41. The maximum Gasteiger partial charge on any atom is 0.268 e. The van der Waals surface area contributed by atoms with Gasteiger partial charge in [0.25, 0.3) is 5.89 Å². The van der Waals surface area contributed by atoms with Gasteiger partial charge in [0.1, 0.15) is 0 Å². The summed E-state index contributed by atoms with van der Waals surface area (Å²) in [7, 11) is 0. The second-order valence-corrected chi connectivity index (χ2v) is 6.19. The number of rotatable bonds is 7. The van der Waals surface area contributed by atoms with E-state index in [-0.39, 0.29) is 6.61 Å². The molecule has 0 bridgehead atoms. The molecule has 0 aliphatic carbocycles. The molecule has 2 aromatic rings. The van der Waals surface area contributed by atoms with Crippen molar-refractivity contribution in [3.8, 4) is 10.8 Å². The number of aliphatic hydroxyl groups excluding tert-OH is 1. The van der Waals surface area contributed by atoms with E-state index < -0.39 is 0 Å². The van der Waals surface area contributed by atoms with Gasteiger partial charge in [-0.1, -0.05) is 11.2 Å². The first-order chi connectivity index (χ1) is 10.3. The van der Waals surface area contributed by atoms with Crippen molar-refractivity contribution in [2.45, 2.75) is 25.4 Å². The van der Waals surface area contributed by atoms with Gasteiger partial charge >= 0.3 is 0 Å². The average molecular weight is 308 g/mol. The van der Waals surface area contributed by atoms with E-state index in [0.717, 1.165) is 18.0 Å². The van der Waals surface area contributed by atoms with Gasteiger partial charge in [-0.2, -0.15) is 4.98 Å². The Kier molecular flexibility index (Phi) is 4.97. The predicted octanol–water partition coefficient (Wildman–Crippen LogP) is 1.34. The molecule has 3 rings (SSSR count). The van der Waals surface area contributed by atoms with Gasteiger partial charge in [-0.3, -0.25) is 4.90 Å². The van der Waals surface area contributed by atoms with E-state index in [2.05, 4.69) is 20.4 Å². The lowest BCUT2D eigenvalue weighted by Gasteiger charge is -2.23. The van der Waals surface area contributed by atoms with Crippen LogP contribution in [-0.4, -0.2) is 52.4 Å². The van der Waals surface area contributed by atoms with Gasteiger partial charge in [-0.15, -0.1) is 11.3 Å². The van der Waals surface area contributed by atoms with E-state index >= 15 is 0 Å². The monoisotopic (exact) mass is 308 g/mol. The van der Waals surface area contributed by atoms with Gasteiger partial charge in [-0.05, 0) is 30.8 Å². The van der Waals surface area contributed by atoms with Crippen molar-refractivity contribution < 1.29 is 9.63 Å². The molecule has 6 nitrogen and oxygen atoms in total. The highest BCUT2D eigenvalue weighted by Crippen LogP contribution is 2.22. The Morgan fingerprint density at radius 2 is 2.48 bits per heavy atom. The van der Waals surface area contributed by atoms with Crippen LogP contribution in [0.4, 0.5) is 0 Å². The normalized spacial score (nSPS) is 18.7. The third kappa shape index (κ3) is 3.88. The minimum absolute atomic E-state index is 0.141. The summed E-state index contributed by atoms with van der Waals surface area (Å²) in [5.41, 5.74) is 0. The summed E-state index contributed by atoms with van der Waals surface area (Å²) in [6.45, 7) is 3.36. The summed E-state index contributed by atoms with van der Waals surface area (Å²) >= 11 is 1.58. The Bertz CT molecular complexity index is 537. The second kappa shape index (κ2) is 7.13. The Balaban J connectivity index is 1.62. The van der Waals surface area contributed by atoms with Crippen LogP contribution in [0.2, 0.25) is 0 Å². The largest absolute Gasteiger partial charge is 0.395 e.